The fourth-order valence-corrected chi connectivity index (χ4v) is 4.20. The van der Waals surface area contributed by atoms with E-state index in [1.165, 1.54) is 12.1 Å². The molecule has 1 fully saturated rings. The fourth-order valence-electron chi connectivity index (χ4n) is 4.20. The predicted molar refractivity (Wildman–Crippen MR) is 119 cm³/mol. The average Bonchev–Trinajstić information content (AvgIpc) is 2.99. The summed E-state index contributed by atoms with van der Waals surface area (Å²) >= 11 is 0. The molecule has 2 aromatic carbocycles. The number of para-hydroxylation sites is 1. The molecule has 0 spiro atoms. The maximum Gasteiger partial charge on any atom is 0.295 e. The Morgan fingerprint density at radius 2 is 1.84 bits per heavy atom. The summed E-state index contributed by atoms with van der Waals surface area (Å²) in [7, 11) is 1.81. The van der Waals surface area contributed by atoms with Gasteiger partial charge in [-0.05, 0) is 56.1 Å². The normalized spacial score (nSPS) is 16.9. The van der Waals surface area contributed by atoms with E-state index >= 15 is 0 Å². The second-order valence-electron chi connectivity index (χ2n) is 8.13. The van der Waals surface area contributed by atoms with Gasteiger partial charge >= 0.3 is 0 Å². The van der Waals surface area contributed by atoms with E-state index in [-0.39, 0.29) is 23.2 Å². The first-order valence-electron chi connectivity index (χ1n) is 10.6. The summed E-state index contributed by atoms with van der Waals surface area (Å²) in [6.07, 6.45) is 1.69. The number of hydrogen-bond acceptors (Lipinski definition) is 3. The van der Waals surface area contributed by atoms with Crippen molar-refractivity contribution in [1.29, 1.82) is 0 Å². The molecule has 1 aromatic heterocycles. The topological polar surface area (TPSA) is 59.3 Å². The number of carbonyl (C=O) groups excluding carboxylic acids is 1. The van der Waals surface area contributed by atoms with Crippen molar-refractivity contribution in [2.24, 2.45) is 13.0 Å². The predicted octanol–water partition coefficient (Wildman–Crippen LogP) is 3.47. The Kier molecular flexibility index (Phi) is 6.04. The van der Waals surface area contributed by atoms with Crippen LogP contribution < -0.4 is 10.9 Å². The van der Waals surface area contributed by atoms with Gasteiger partial charge in [0.05, 0.1) is 17.3 Å². The Bertz CT molecular complexity index is 1120. The van der Waals surface area contributed by atoms with Crippen molar-refractivity contribution in [3.05, 3.63) is 82.0 Å². The Labute approximate surface area is 180 Å². The van der Waals surface area contributed by atoms with E-state index < -0.39 is 0 Å². The van der Waals surface area contributed by atoms with Gasteiger partial charge in [-0.2, -0.15) is 0 Å². The minimum Gasteiger partial charge on any atom is -0.320 e. The van der Waals surface area contributed by atoms with E-state index in [1.807, 2.05) is 44.3 Å². The summed E-state index contributed by atoms with van der Waals surface area (Å²) in [5.41, 5.74) is 2.57. The Hall–Kier alpha value is -3.19. The number of nitrogens with one attached hydrogen (secondary N) is 1. The van der Waals surface area contributed by atoms with Crippen LogP contribution in [-0.4, -0.2) is 33.3 Å². The standard InChI is InChI=1S/C24H27FN4O2/c1-17-22(24(31)29(27(17)2)21-8-4-3-5-9-21)26-23(30)19-7-6-14-28(16-19)15-18-10-12-20(25)13-11-18/h3-5,8-13,19H,6-7,14-16H2,1-2H3,(H,26,30)/t19-/m1/s1. The monoisotopic (exact) mass is 422 g/mol. The number of anilines is 1. The average molecular weight is 423 g/mol. The molecule has 0 unspecified atom stereocenters. The molecule has 6 nitrogen and oxygen atoms in total. The van der Waals surface area contributed by atoms with Crippen molar-refractivity contribution in [3.8, 4) is 5.69 Å². The highest BCUT2D eigenvalue weighted by Gasteiger charge is 2.28. The minimum atomic E-state index is -0.251. The maximum absolute atomic E-state index is 13.1. The lowest BCUT2D eigenvalue weighted by Gasteiger charge is -2.31. The lowest BCUT2D eigenvalue weighted by atomic mass is 9.96. The van der Waals surface area contributed by atoms with Crippen molar-refractivity contribution < 1.29 is 9.18 Å². The van der Waals surface area contributed by atoms with Gasteiger partial charge in [0.25, 0.3) is 5.56 Å². The highest BCUT2D eigenvalue weighted by atomic mass is 19.1. The lowest BCUT2D eigenvalue weighted by Crippen LogP contribution is -2.40. The van der Waals surface area contributed by atoms with E-state index in [0.29, 0.717) is 24.5 Å². The number of likely N-dealkylation sites (tertiary alicyclic amines) is 1. The number of benzene rings is 2. The van der Waals surface area contributed by atoms with Crippen LogP contribution in [0.5, 0.6) is 0 Å². The molecule has 162 valence electrons. The molecule has 0 saturated carbocycles. The molecule has 1 aliphatic rings. The number of piperidine rings is 1. The first-order valence-corrected chi connectivity index (χ1v) is 10.6. The number of halogens is 1. The van der Waals surface area contributed by atoms with Gasteiger partial charge < -0.3 is 5.32 Å². The Morgan fingerprint density at radius 3 is 2.55 bits per heavy atom. The van der Waals surface area contributed by atoms with Gasteiger partial charge in [0.15, 0.2) is 0 Å². The van der Waals surface area contributed by atoms with Crippen LogP contribution in [0.3, 0.4) is 0 Å². The minimum absolute atomic E-state index is 0.130. The fraction of sp³-hybridized carbons (Fsp3) is 0.333. The zero-order chi connectivity index (χ0) is 22.0. The van der Waals surface area contributed by atoms with Gasteiger partial charge in [0.2, 0.25) is 5.91 Å². The molecular weight excluding hydrogens is 395 g/mol. The van der Waals surface area contributed by atoms with Crippen LogP contribution in [0.25, 0.3) is 5.69 Å². The van der Waals surface area contributed by atoms with Gasteiger partial charge in [-0.25, -0.2) is 9.07 Å². The first kappa shape index (κ1) is 21.1. The number of hydrogen-bond donors (Lipinski definition) is 1. The van der Waals surface area contributed by atoms with Crippen molar-refractivity contribution in [3.63, 3.8) is 0 Å². The van der Waals surface area contributed by atoms with E-state index in [9.17, 15) is 14.0 Å². The first-order chi connectivity index (χ1) is 14.9. The summed E-state index contributed by atoms with van der Waals surface area (Å²) in [6.45, 7) is 4.02. The summed E-state index contributed by atoms with van der Waals surface area (Å²) in [5.74, 6) is -0.577. The van der Waals surface area contributed by atoms with E-state index in [0.717, 1.165) is 30.6 Å². The zero-order valence-electron chi connectivity index (χ0n) is 17.8. The number of rotatable bonds is 5. The maximum atomic E-state index is 13.1. The van der Waals surface area contributed by atoms with Gasteiger partial charge in [-0.1, -0.05) is 30.3 Å². The molecule has 0 radical (unpaired) electrons. The van der Waals surface area contributed by atoms with Gasteiger partial charge in [0.1, 0.15) is 11.5 Å². The molecule has 1 amide bonds. The van der Waals surface area contributed by atoms with Gasteiger partial charge in [0, 0.05) is 20.1 Å². The number of aromatic nitrogens is 2. The highest BCUT2D eigenvalue weighted by molar-refractivity contribution is 5.93. The van der Waals surface area contributed by atoms with E-state index in [2.05, 4.69) is 10.2 Å². The molecule has 31 heavy (non-hydrogen) atoms. The largest absolute Gasteiger partial charge is 0.320 e. The molecule has 3 aromatic rings. The zero-order valence-corrected chi connectivity index (χ0v) is 17.8. The third-order valence-corrected chi connectivity index (χ3v) is 6.00. The van der Waals surface area contributed by atoms with Crippen LogP contribution in [-0.2, 0) is 18.4 Å². The molecule has 1 atom stereocenters. The highest BCUT2D eigenvalue weighted by Crippen LogP contribution is 2.21. The second kappa shape index (κ2) is 8.89. The molecule has 1 N–H and O–H groups in total. The molecule has 0 aliphatic carbocycles. The number of carbonyl (C=O) groups is 1. The summed E-state index contributed by atoms with van der Waals surface area (Å²) in [5, 5.41) is 2.90. The smallest absolute Gasteiger partial charge is 0.295 e. The molecular formula is C24H27FN4O2. The number of nitrogens with zero attached hydrogens (tertiary/aromatic N) is 3. The van der Waals surface area contributed by atoms with E-state index in [4.69, 9.17) is 0 Å². The quantitative estimate of drug-likeness (QED) is 0.685. The van der Waals surface area contributed by atoms with Crippen molar-refractivity contribution >= 4 is 11.6 Å². The molecule has 4 rings (SSSR count). The number of amides is 1. The van der Waals surface area contributed by atoms with Crippen LogP contribution in [0.15, 0.2) is 59.4 Å². The van der Waals surface area contributed by atoms with Crippen LogP contribution in [0.1, 0.15) is 24.1 Å². The molecule has 0 bridgehead atoms. The second-order valence-corrected chi connectivity index (χ2v) is 8.13. The lowest BCUT2D eigenvalue weighted by molar-refractivity contribution is -0.121. The molecule has 1 aliphatic heterocycles. The van der Waals surface area contributed by atoms with Crippen LogP contribution >= 0.6 is 0 Å². The van der Waals surface area contributed by atoms with Gasteiger partial charge in [-0.15, -0.1) is 0 Å². The summed E-state index contributed by atoms with van der Waals surface area (Å²) in [4.78, 5) is 28.3. The molecule has 2 heterocycles. The van der Waals surface area contributed by atoms with Crippen molar-refractivity contribution in [2.45, 2.75) is 26.3 Å². The Balaban J connectivity index is 1.48. The van der Waals surface area contributed by atoms with Crippen LogP contribution in [0, 0.1) is 18.7 Å². The SMILES string of the molecule is Cc1c(NC(=O)[C@@H]2CCCN(Cc3ccc(F)cc3)C2)c(=O)n(-c2ccccc2)n1C. The van der Waals surface area contributed by atoms with Crippen LogP contribution in [0.2, 0.25) is 0 Å². The van der Waals surface area contributed by atoms with Crippen LogP contribution in [0.4, 0.5) is 10.1 Å². The van der Waals surface area contributed by atoms with Gasteiger partial charge in [-0.3, -0.25) is 19.2 Å². The summed E-state index contributed by atoms with van der Waals surface area (Å²) < 4.78 is 16.5. The van der Waals surface area contributed by atoms with E-state index in [1.54, 1.807) is 21.5 Å². The van der Waals surface area contributed by atoms with Crippen molar-refractivity contribution in [1.82, 2.24) is 14.3 Å². The molecule has 1 saturated heterocycles. The Morgan fingerprint density at radius 1 is 1.13 bits per heavy atom. The summed E-state index contributed by atoms with van der Waals surface area (Å²) in [6, 6.07) is 15.8. The third-order valence-electron chi connectivity index (χ3n) is 6.00. The third kappa shape index (κ3) is 4.46. The molecule has 7 heteroatoms. The van der Waals surface area contributed by atoms with Crippen molar-refractivity contribution in [2.75, 3.05) is 18.4 Å².